The molecule has 1 rings (SSSR count). The summed E-state index contributed by atoms with van der Waals surface area (Å²) in [6.45, 7) is 5.93. The van der Waals surface area contributed by atoms with Gasteiger partial charge in [0.15, 0.2) is 0 Å². The minimum atomic E-state index is -0.864. The Labute approximate surface area is 120 Å². The highest BCUT2D eigenvalue weighted by molar-refractivity contribution is 5.73. The lowest BCUT2D eigenvalue weighted by molar-refractivity contribution is -0.140. The normalized spacial score (nSPS) is 15.8. The lowest BCUT2D eigenvalue weighted by atomic mass is 9.97. The van der Waals surface area contributed by atoms with Crippen LogP contribution < -0.4 is 5.32 Å². The molecule has 1 aromatic rings. The molecule has 4 nitrogen and oxygen atoms in total. The molecular formula is C16H25NO3. The minimum Gasteiger partial charge on any atom is -0.480 e. The van der Waals surface area contributed by atoms with Gasteiger partial charge in [0.25, 0.3) is 0 Å². The second-order valence-corrected chi connectivity index (χ2v) is 5.56. The van der Waals surface area contributed by atoms with Gasteiger partial charge in [-0.2, -0.15) is 0 Å². The summed E-state index contributed by atoms with van der Waals surface area (Å²) in [4.78, 5) is 11.3. The quantitative estimate of drug-likeness (QED) is 0.684. The van der Waals surface area contributed by atoms with Gasteiger partial charge in [-0.3, -0.25) is 10.1 Å². The van der Waals surface area contributed by atoms with Crippen molar-refractivity contribution in [3.05, 3.63) is 35.9 Å². The molecule has 20 heavy (non-hydrogen) atoms. The van der Waals surface area contributed by atoms with Crippen molar-refractivity contribution in [1.82, 2.24) is 5.32 Å². The molecule has 0 aliphatic carbocycles. The third-order valence-electron chi connectivity index (χ3n) is 3.38. The van der Waals surface area contributed by atoms with E-state index in [9.17, 15) is 15.0 Å². The molecule has 4 heteroatoms. The number of nitrogens with one attached hydrogen (secondary N) is 1. The van der Waals surface area contributed by atoms with E-state index in [0.717, 1.165) is 5.56 Å². The topological polar surface area (TPSA) is 69.6 Å². The van der Waals surface area contributed by atoms with Crippen molar-refractivity contribution < 1.29 is 15.0 Å². The van der Waals surface area contributed by atoms with Gasteiger partial charge in [0, 0.05) is 6.04 Å². The molecule has 0 spiro atoms. The maximum absolute atomic E-state index is 11.3. The maximum Gasteiger partial charge on any atom is 0.320 e. The average molecular weight is 279 g/mol. The molecule has 0 fully saturated rings. The van der Waals surface area contributed by atoms with Gasteiger partial charge in [0.1, 0.15) is 6.04 Å². The Morgan fingerprint density at radius 1 is 1.25 bits per heavy atom. The molecular weight excluding hydrogens is 254 g/mol. The van der Waals surface area contributed by atoms with E-state index in [1.807, 2.05) is 51.1 Å². The number of aliphatic carboxylic acids is 1. The Hall–Kier alpha value is -1.39. The lowest BCUT2D eigenvalue weighted by Gasteiger charge is -2.27. The van der Waals surface area contributed by atoms with Crippen LogP contribution in [0.2, 0.25) is 0 Å². The van der Waals surface area contributed by atoms with Crippen molar-refractivity contribution in [2.45, 2.75) is 51.8 Å². The third-order valence-corrected chi connectivity index (χ3v) is 3.38. The van der Waals surface area contributed by atoms with E-state index >= 15 is 0 Å². The highest BCUT2D eigenvalue weighted by atomic mass is 16.4. The van der Waals surface area contributed by atoms with E-state index in [2.05, 4.69) is 5.32 Å². The first-order valence-corrected chi connectivity index (χ1v) is 7.17. The SMILES string of the molecule is CCC(NC(CC(C)C)C(=O)O)C(O)c1ccccc1. The third kappa shape index (κ3) is 4.94. The number of carboxylic acid groups (broad SMARTS) is 1. The van der Waals surface area contributed by atoms with Crippen LogP contribution in [0.25, 0.3) is 0 Å². The fourth-order valence-corrected chi connectivity index (χ4v) is 2.28. The molecule has 0 heterocycles. The van der Waals surface area contributed by atoms with Crippen LogP contribution in [-0.4, -0.2) is 28.3 Å². The van der Waals surface area contributed by atoms with Gasteiger partial charge in [-0.15, -0.1) is 0 Å². The Morgan fingerprint density at radius 2 is 1.85 bits per heavy atom. The molecule has 0 saturated heterocycles. The summed E-state index contributed by atoms with van der Waals surface area (Å²) in [7, 11) is 0. The van der Waals surface area contributed by atoms with Gasteiger partial charge >= 0.3 is 5.97 Å². The predicted octanol–water partition coefficient (Wildman–Crippen LogP) is 2.59. The fraction of sp³-hybridized carbons (Fsp3) is 0.562. The number of rotatable bonds is 8. The fourth-order valence-electron chi connectivity index (χ4n) is 2.28. The molecule has 3 N–H and O–H groups in total. The van der Waals surface area contributed by atoms with Gasteiger partial charge in [0.2, 0.25) is 0 Å². The number of benzene rings is 1. The van der Waals surface area contributed by atoms with Crippen LogP contribution in [0.4, 0.5) is 0 Å². The monoisotopic (exact) mass is 279 g/mol. The predicted molar refractivity (Wildman–Crippen MR) is 79.5 cm³/mol. The van der Waals surface area contributed by atoms with E-state index in [-0.39, 0.29) is 12.0 Å². The van der Waals surface area contributed by atoms with Crippen LogP contribution in [0.5, 0.6) is 0 Å². The summed E-state index contributed by atoms with van der Waals surface area (Å²) in [6.07, 6.45) is 0.515. The second-order valence-electron chi connectivity index (χ2n) is 5.56. The first kappa shape index (κ1) is 16.7. The van der Waals surface area contributed by atoms with Gasteiger partial charge in [-0.05, 0) is 24.3 Å². The maximum atomic E-state index is 11.3. The first-order chi connectivity index (χ1) is 9.45. The number of carboxylic acids is 1. The van der Waals surface area contributed by atoms with Crippen LogP contribution in [0.15, 0.2) is 30.3 Å². The minimum absolute atomic E-state index is 0.266. The molecule has 0 saturated carbocycles. The zero-order valence-electron chi connectivity index (χ0n) is 12.4. The van der Waals surface area contributed by atoms with Crippen molar-refractivity contribution >= 4 is 5.97 Å². The van der Waals surface area contributed by atoms with Crippen molar-refractivity contribution in [3.63, 3.8) is 0 Å². The summed E-state index contributed by atoms with van der Waals surface area (Å²) in [5.74, 6) is -0.576. The van der Waals surface area contributed by atoms with Crippen LogP contribution in [-0.2, 0) is 4.79 Å². The Kier molecular flexibility index (Phi) is 6.68. The molecule has 0 amide bonds. The highest BCUT2D eigenvalue weighted by Gasteiger charge is 2.26. The van der Waals surface area contributed by atoms with Crippen LogP contribution in [0.1, 0.15) is 45.3 Å². The summed E-state index contributed by atoms with van der Waals surface area (Å²) in [6, 6.07) is 8.45. The number of aliphatic hydroxyl groups is 1. The van der Waals surface area contributed by atoms with E-state index in [4.69, 9.17) is 0 Å². The Balaban J connectivity index is 2.76. The van der Waals surface area contributed by atoms with Crippen molar-refractivity contribution in [2.24, 2.45) is 5.92 Å². The average Bonchev–Trinajstić information content (AvgIpc) is 2.43. The summed E-state index contributed by atoms with van der Waals surface area (Å²) >= 11 is 0. The van der Waals surface area contributed by atoms with E-state index < -0.39 is 18.1 Å². The molecule has 1 aromatic carbocycles. The molecule has 0 bridgehead atoms. The smallest absolute Gasteiger partial charge is 0.320 e. The van der Waals surface area contributed by atoms with E-state index in [0.29, 0.717) is 12.8 Å². The number of hydrogen-bond acceptors (Lipinski definition) is 3. The van der Waals surface area contributed by atoms with Gasteiger partial charge in [-0.1, -0.05) is 51.1 Å². The van der Waals surface area contributed by atoms with Crippen molar-refractivity contribution in [1.29, 1.82) is 0 Å². The molecule has 112 valence electrons. The van der Waals surface area contributed by atoms with Crippen molar-refractivity contribution in [3.8, 4) is 0 Å². The van der Waals surface area contributed by atoms with Gasteiger partial charge < -0.3 is 10.2 Å². The summed E-state index contributed by atoms with van der Waals surface area (Å²) in [5, 5.41) is 22.7. The molecule has 0 aliphatic heterocycles. The van der Waals surface area contributed by atoms with Gasteiger partial charge in [-0.25, -0.2) is 0 Å². The number of carbonyl (C=O) groups is 1. The zero-order chi connectivity index (χ0) is 15.1. The lowest BCUT2D eigenvalue weighted by Crippen LogP contribution is -2.46. The Bertz CT molecular complexity index is 405. The molecule has 0 aromatic heterocycles. The Morgan fingerprint density at radius 3 is 2.30 bits per heavy atom. The first-order valence-electron chi connectivity index (χ1n) is 7.17. The number of aliphatic hydroxyl groups excluding tert-OH is 1. The summed E-state index contributed by atoms with van der Waals surface area (Å²) < 4.78 is 0. The largest absolute Gasteiger partial charge is 0.480 e. The van der Waals surface area contributed by atoms with Crippen molar-refractivity contribution in [2.75, 3.05) is 0 Å². The molecule has 3 unspecified atom stereocenters. The van der Waals surface area contributed by atoms with E-state index in [1.165, 1.54) is 0 Å². The second kappa shape index (κ2) is 8.02. The van der Waals surface area contributed by atoms with Crippen LogP contribution in [0, 0.1) is 5.92 Å². The highest BCUT2D eigenvalue weighted by Crippen LogP contribution is 2.20. The van der Waals surface area contributed by atoms with E-state index in [1.54, 1.807) is 0 Å². The zero-order valence-corrected chi connectivity index (χ0v) is 12.4. The summed E-state index contributed by atoms with van der Waals surface area (Å²) in [5.41, 5.74) is 0.806. The standard InChI is InChI=1S/C16H25NO3/c1-4-13(15(18)12-8-6-5-7-9-12)17-14(16(19)20)10-11(2)3/h5-9,11,13-15,17-18H,4,10H2,1-3H3,(H,19,20). The van der Waals surface area contributed by atoms with Crippen LogP contribution >= 0.6 is 0 Å². The molecule has 3 atom stereocenters. The van der Waals surface area contributed by atoms with Crippen LogP contribution in [0.3, 0.4) is 0 Å². The van der Waals surface area contributed by atoms with Gasteiger partial charge in [0.05, 0.1) is 6.10 Å². The number of hydrogen-bond donors (Lipinski definition) is 3. The molecule has 0 aliphatic rings. The molecule has 0 radical (unpaired) electrons.